The molecule has 1 fully saturated rings. The Labute approximate surface area is 182 Å². The van der Waals surface area contributed by atoms with Crippen molar-refractivity contribution < 1.29 is 22.7 Å². The van der Waals surface area contributed by atoms with Gasteiger partial charge in [0.15, 0.2) is 0 Å². The van der Waals surface area contributed by atoms with E-state index in [1.54, 1.807) is 24.1 Å². The second kappa shape index (κ2) is 9.82. The Hall–Kier alpha value is -3.07. The number of benzene rings is 2. The van der Waals surface area contributed by atoms with Crippen LogP contribution < -0.4 is 14.8 Å². The van der Waals surface area contributed by atoms with Gasteiger partial charge in [-0.05, 0) is 67.1 Å². The van der Waals surface area contributed by atoms with Crippen molar-refractivity contribution in [1.29, 1.82) is 0 Å². The lowest BCUT2D eigenvalue weighted by molar-refractivity contribution is -0.144. The van der Waals surface area contributed by atoms with Crippen molar-refractivity contribution in [3.8, 4) is 5.75 Å². The number of likely N-dealkylation sites (tertiary alicyclic amines) is 1. The summed E-state index contributed by atoms with van der Waals surface area (Å²) in [6.45, 7) is 1.09. The summed E-state index contributed by atoms with van der Waals surface area (Å²) < 4.78 is 30.0. The lowest BCUT2D eigenvalue weighted by Crippen LogP contribution is -2.44. The molecule has 8 nitrogen and oxygen atoms in total. The molecule has 31 heavy (non-hydrogen) atoms. The smallest absolute Gasteiger partial charge is 0.313 e. The van der Waals surface area contributed by atoms with E-state index < -0.39 is 21.8 Å². The molecule has 3 rings (SSSR count). The Morgan fingerprint density at radius 1 is 1.00 bits per heavy atom. The monoisotopic (exact) mass is 445 g/mol. The van der Waals surface area contributed by atoms with Crippen LogP contribution in [0.2, 0.25) is 0 Å². The maximum Gasteiger partial charge on any atom is 0.313 e. The van der Waals surface area contributed by atoms with Gasteiger partial charge in [0.25, 0.3) is 0 Å². The summed E-state index contributed by atoms with van der Waals surface area (Å²) in [5, 5.41) is 2.57. The van der Waals surface area contributed by atoms with Crippen LogP contribution in [-0.4, -0.2) is 51.6 Å². The van der Waals surface area contributed by atoms with Gasteiger partial charge >= 0.3 is 11.8 Å². The van der Waals surface area contributed by atoms with Crippen LogP contribution in [0.5, 0.6) is 5.75 Å². The summed E-state index contributed by atoms with van der Waals surface area (Å²) >= 11 is 0. The number of ether oxygens (including phenoxy) is 1. The van der Waals surface area contributed by atoms with Crippen molar-refractivity contribution in [1.82, 2.24) is 4.90 Å². The highest BCUT2D eigenvalue weighted by atomic mass is 32.2. The predicted octanol–water partition coefficient (Wildman–Crippen LogP) is 2.49. The lowest BCUT2D eigenvalue weighted by atomic mass is 9.90. The fraction of sp³-hybridized carbons (Fsp3) is 0.364. The van der Waals surface area contributed by atoms with Gasteiger partial charge in [0, 0.05) is 24.5 Å². The van der Waals surface area contributed by atoms with Crippen LogP contribution in [0.25, 0.3) is 0 Å². The molecule has 0 saturated carbocycles. The average molecular weight is 446 g/mol. The molecule has 9 heteroatoms. The number of amides is 2. The van der Waals surface area contributed by atoms with Gasteiger partial charge in [0.1, 0.15) is 5.75 Å². The predicted molar refractivity (Wildman–Crippen MR) is 120 cm³/mol. The van der Waals surface area contributed by atoms with Crippen molar-refractivity contribution in [2.75, 3.05) is 36.5 Å². The van der Waals surface area contributed by atoms with Gasteiger partial charge in [-0.2, -0.15) is 0 Å². The van der Waals surface area contributed by atoms with Gasteiger partial charge in [-0.3, -0.25) is 14.3 Å². The number of hydrogen-bond acceptors (Lipinski definition) is 5. The fourth-order valence-electron chi connectivity index (χ4n) is 3.60. The first-order valence-electron chi connectivity index (χ1n) is 10.0. The number of piperidine rings is 1. The fourth-order valence-corrected chi connectivity index (χ4v) is 4.16. The van der Waals surface area contributed by atoms with Gasteiger partial charge in [-0.25, -0.2) is 8.42 Å². The molecule has 0 atom stereocenters. The number of anilines is 2. The molecule has 1 heterocycles. The quantitative estimate of drug-likeness (QED) is 0.665. The summed E-state index contributed by atoms with van der Waals surface area (Å²) in [6.07, 6.45) is 3.68. The standard InChI is InChI=1S/C22H27N3O5S/c1-30-20-9-3-16(4-10-20)15-17-11-13-25(14-12-17)22(27)21(26)23-18-5-7-19(8-6-18)24-31(2,28)29/h3-10,17,24H,11-15H2,1-2H3,(H,23,26). The van der Waals surface area contributed by atoms with Crippen molar-refractivity contribution in [2.24, 2.45) is 5.92 Å². The first-order valence-corrected chi connectivity index (χ1v) is 11.9. The molecule has 1 aliphatic rings. The summed E-state index contributed by atoms with van der Waals surface area (Å²) in [7, 11) is -1.73. The van der Waals surface area contributed by atoms with Crippen LogP contribution in [0.4, 0.5) is 11.4 Å². The molecule has 2 amide bonds. The number of carbonyl (C=O) groups excluding carboxylic acids is 2. The summed E-state index contributed by atoms with van der Waals surface area (Å²) in [5.41, 5.74) is 2.04. The van der Waals surface area contributed by atoms with E-state index in [0.29, 0.717) is 30.4 Å². The normalized spacial score (nSPS) is 14.7. The molecule has 0 unspecified atom stereocenters. The molecule has 2 N–H and O–H groups in total. The van der Waals surface area contributed by atoms with Crippen LogP contribution in [0.15, 0.2) is 48.5 Å². The number of nitrogens with zero attached hydrogens (tertiary/aromatic N) is 1. The Kier molecular flexibility index (Phi) is 7.17. The lowest BCUT2D eigenvalue weighted by Gasteiger charge is -2.31. The maximum atomic E-state index is 12.5. The molecule has 0 bridgehead atoms. The number of sulfonamides is 1. The number of methoxy groups -OCH3 is 1. The topological polar surface area (TPSA) is 105 Å². The highest BCUT2D eigenvalue weighted by Gasteiger charge is 2.27. The summed E-state index contributed by atoms with van der Waals surface area (Å²) in [6, 6.07) is 14.1. The van der Waals surface area contributed by atoms with Crippen LogP contribution in [0, 0.1) is 5.92 Å². The van der Waals surface area contributed by atoms with Crippen LogP contribution in [0.3, 0.4) is 0 Å². The second-order valence-electron chi connectivity index (χ2n) is 7.69. The third-order valence-electron chi connectivity index (χ3n) is 5.23. The molecule has 2 aromatic carbocycles. The third-order valence-corrected chi connectivity index (χ3v) is 5.83. The number of nitrogens with one attached hydrogen (secondary N) is 2. The average Bonchev–Trinajstić information content (AvgIpc) is 2.74. The number of carbonyl (C=O) groups is 2. The van der Waals surface area contributed by atoms with Gasteiger partial charge in [-0.1, -0.05) is 12.1 Å². The minimum absolute atomic E-state index is 0.380. The van der Waals surface area contributed by atoms with Crippen molar-refractivity contribution >= 4 is 33.2 Å². The molecule has 0 aliphatic carbocycles. The second-order valence-corrected chi connectivity index (χ2v) is 9.44. The molecule has 0 spiro atoms. The minimum atomic E-state index is -3.37. The largest absolute Gasteiger partial charge is 0.497 e. The van der Waals surface area contributed by atoms with E-state index in [9.17, 15) is 18.0 Å². The van der Waals surface area contributed by atoms with Crippen molar-refractivity contribution in [3.05, 3.63) is 54.1 Å². The summed E-state index contributed by atoms with van der Waals surface area (Å²) in [4.78, 5) is 26.4. The molecule has 0 radical (unpaired) electrons. The Bertz CT molecular complexity index is 1010. The van der Waals surface area contributed by atoms with Gasteiger partial charge in [0.05, 0.1) is 13.4 Å². The minimum Gasteiger partial charge on any atom is -0.497 e. The van der Waals surface area contributed by atoms with Crippen LogP contribution >= 0.6 is 0 Å². The highest BCUT2D eigenvalue weighted by molar-refractivity contribution is 7.92. The molecular formula is C22H27N3O5S. The molecular weight excluding hydrogens is 418 g/mol. The van der Waals surface area contributed by atoms with Gasteiger partial charge < -0.3 is 15.0 Å². The van der Waals surface area contributed by atoms with E-state index in [1.165, 1.54) is 17.7 Å². The number of hydrogen-bond donors (Lipinski definition) is 2. The Morgan fingerprint density at radius 2 is 1.58 bits per heavy atom. The first kappa shape index (κ1) is 22.6. The molecule has 2 aromatic rings. The first-order chi connectivity index (χ1) is 14.7. The van der Waals surface area contributed by atoms with E-state index >= 15 is 0 Å². The van der Waals surface area contributed by atoms with E-state index in [2.05, 4.69) is 22.2 Å². The number of rotatable bonds is 6. The van der Waals surface area contributed by atoms with Crippen LogP contribution in [0.1, 0.15) is 18.4 Å². The highest BCUT2D eigenvalue weighted by Crippen LogP contribution is 2.23. The van der Waals surface area contributed by atoms with E-state index in [4.69, 9.17) is 4.74 Å². The SMILES string of the molecule is COc1ccc(CC2CCN(C(=O)C(=O)Nc3ccc(NS(C)(=O)=O)cc3)CC2)cc1. The van der Waals surface area contributed by atoms with Gasteiger partial charge in [-0.15, -0.1) is 0 Å². The third kappa shape index (κ3) is 6.71. The molecule has 166 valence electrons. The zero-order valence-corrected chi connectivity index (χ0v) is 18.4. The van der Waals surface area contributed by atoms with E-state index in [0.717, 1.165) is 31.3 Å². The zero-order chi connectivity index (χ0) is 22.4. The summed E-state index contributed by atoms with van der Waals surface area (Å²) in [5.74, 6) is 0.0468. The Balaban J connectivity index is 1.47. The van der Waals surface area contributed by atoms with Gasteiger partial charge in [0.2, 0.25) is 10.0 Å². The Morgan fingerprint density at radius 3 is 2.13 bits per heavy atom. The van der Waals surface area contributed by atoms with Crippen molar-refractivity contribution in [2.45, 2.75) is 19.3 Å². The van der Waals surface area contributed by atoms with Crippen LogP contribution in [-0.2, 0) is 26.0 Å². The van der Waals surface area contributed by atoms with E-state index in [1.807, 2.05) is 12.1 Å². The molecule has 1 saturated heterocycles. The van der Waals surface area contributed by atoms with Crippen molar-refractivity contribution in [3.63, 3.8) is 0 Å². The van der Waals surface area contributed by atoms with E-state index in [-0.39, 0.29) is 0 Å². The zero-order valence-electron chi connectivity index (χ0n) is 17.6. The maximum absolute atomic E-state index is 12.5. The molecule has 0 aromatic heterocycles. The molecule has 1 aliphatic heterocycles.